The standard InChI is InChI=1S/C25H27Cl3N4O/c1-6-13-31(25(3,4)24(33)29-5)15-21-16(2)23(17-7-9-18(26)10-8-17)32(30-21)22-12-11-19(27)14-20(22)28/h7-12,14H,5-6,13,15H2,1-4H3. The molecule has 0 fully saturated rings. The topological polar surface area (TPSA) is 50.5 Å². The van der Waals surface area contributed by atoms with Crippen molar-refractivity contribution in [2.24, 2.45) is 4.99 Å². The zero-order valence-corrected chi connectivity index (χ0v) is 21.5. The van der Waals surface area contributed by atoms with Gasteiger partial charge in [0.15, 0.2) is 0 Å². The second-order valence-electron chi connectivity index (χ2n) is 8.38. The van der Waals surface area contributed by atoms with Crippen LogP contribution in [-0.4, -0.2) is 39.4 Å². The number of hydrogen-bond acceptors (Lipinski definition) is 3. The molecule has 2 aromatic carbocycles. The maximum Gasteiger partial charge on any atom is 0.264 e. The molecule has 0 aliphatic rings. The number of carbonyl (C=O) groups is 1. The Hall–Kier alpha value is -2.18. The van der Waals surface area contributed by atoms with E-state index in [1.54, 1.807) is 12.1 Å². The van der Waals surface area contributed by atoms with E-state index in [1.807, 2.05) is 55.8 Å². The fraction of sp³-hybridized carbons (Fsp3) is 0.320. The highest BCUT2D eigenvalue weighted by atomic mass is 35.5. The summed E-state index contributed by atoms with van der Waals surface area (Å²) in [6, 6.07) is 12.9. The van der Waals surface area contributed by atoms with Gasteiger partial charge in [0.1, 0.15) is 0 Å². The molecular weight excluding hydrogens is 479 g/mol. The van der Waals surface area contributed by atoms with Gasteiger partial charge in [0.2, 0.25) is 0 Å². The van der Waals surface area contributed by atoms with Crippen molar-refractivity contribution in [3.63, 3.8) is 0 Å². The molecule has 5 nitrogen and oxygen atoms in total. The van der Waals surface area contributed by atoms with E-state index < -0.39 is 5.54 Å². The molecule has 0 unspecified atom stereocenters. The second kappa shape index (κ2) is 10.4. The Balaban J connectivity index is 2.18. The lowest BCUT2D eigenvalue weighted by Crippen LogP contribution is -2.49. The van der Waals surface area contributed by atoms with Crippen LogP contribution in [0.3, 0.4) is 0 Å². The smallest absolute Gasteiger partial charge is 0.264 e. The Bertz CT molecular complexity index is 1170. The lowest BCUT2D eigenvalue weighted by Gasteiger charge is -2.35. The highest BCUT2D eigenvalue weighted by Crippen LogP contribution is 2.34. The van der Waals surface area contributed by atoms with Gasteiger partial charge >= 0.3 is 0 Å². The number of benzene rings is 2. The number of halogens is 3. The van der Waals surface area contributed by atoms with Gasteiger partial charge < -0.3 is 0 Å². The van der Waals surface area contributed by atoms with Gasteiger partial charge in [-0.3, -0.25) is 9.69 Å². The monoisotopic (exact) mass is 504 g/mol. The van der Waals surface area contributed by atoms with Gasteiger partial charge in [-0.05, 0) is 76.3 Å². The average Bonchev–Trinajstić information content (AvgIpc) is 3.09. The molecule has 1 amide bonds. The fourth-order valence-electron chi connectivity index (χ4n) is 3.80. The molecule has 174 valence electrons. The van der Waals surface area contributed by atoms with Crippen LogP contribution < -0.4 is 0 Å². The summed E-state index contributed by atoms with van der Waals surface area (Å²) in [5.74, 6) is -0.272. The van der Waals surface area contributed by atoms with Gasteiger partial charge in [-0.25, -0.2) is 9.67 Å². The lowest BCUT2D eigenvalue weighted by atomic mass is 10.00. The molecule has 0 aliphatic carbocycles. The maximum atomic E-state index is 12.5. The van der Waals surface area contributed by atoms with E-state index in [1.165, 1.54) is 0 Å². The van der Waals surface area contributed by atoms with Crippen LogP contribution in [0.2, 0.25) is 15.1 Å². The number of rotatable bonds is 8. The van der Waals surface area contributed by atoms with E-state index in [0.717, 1.165) is 28.9 Å². The largest absolute Gasteiger partial charge is 0.284 e. The number of aromatic nitrogens is 2. The van der Waals surface area contributed by atoms with Crippen LogP contribution in [0.5, 0.6) is 0 Å². The summed E-state index contributed by atoms with van der Waals surface area (Å²) in [4.78, 5) is 18.3. The Morgan fingerprint density at radius 1 is 1.12 bits per heavy atom. The van der Waals surface area contributed by atoms with E-state index in [2.05, 4.69) is 23.5 Å². The molecule has 33 heavy (non-hydrogen) atoms. The van der Waals surface area contributed by atoms with Gasteiger partial charge in [0, 0.05) is 22.2 Å². The highest BCUT2D eigenvalue weighted by molar-refractivity contribution is 6.35. The van der Waals surface area contributed by atoms with Crippen molar-refractivity contribution in [3.05, 3.63) is 68.8 Å². The van der Waals surface area contributed by atoms with E-state index >= 15 is 0 Å². The molecule has 3 rings (SSSR count). The van der Waals surface area contributed by atoms with Crippen molar-refractivity contribution >= 4 is 47.4 Å². The third-order valence-electron chi connectivity index (χ3n) is 5.77. The Morgan fingerprint density at radius 3 is 2.33 bits per heavy atom. The lowest BCUT2D eigenvalue weighted by molar-refractivity contribution is -0.128. The average molecular weight is 506 g/mol. The molecule has 8 heteroatoms. The Labute approximate surface area is 210 Å². The van der Waals surface area contributed by atoms with Crippen molar-refractivity contribution in [2.75, 3.05) is 6.54 Å². The molecule has 1 aromatic heterocycles. The number of aliphatic imine (C=N–C) groups is 1. The van der Waals surface area contributed by atoms with Gasteiger partial charge in [-0.2, -0.15) is 5.10 Å². The molecule has 0 spiro atoms. The van der Waals surface area contributed by atoms with Crippen molar-refractivity contribution in [1.29, 1.82) is 0 Å². The van der Waals surface area contributed by atoms with Gasteiger partial charge in [-0.1, -0.05) is 53.9 Å². The number of amides is 1. The fourth-order valence-corrected chi connectivity index (χ4v) is 4.42. The SMILES string of the molecule is C=NC(=O)C(C)(C)N(CCC)Cc1nn(-c2ccc(Cl)cc2Cl)c(-c2ccc(Cl)cc2)c1C. The zero-order chi connectivity index (χ0) is 24.3. The normalized spacial score (nSPS) is 11.8. The molecule has 0 atom stereocenters. The summed E-state index contributed by atoms with van der Waals surface area (Å²) in [7, 11) is 0. The molecule has 0 radical (unpaired) electrons. The van der Waals surface area contributed by atoms with Crippen molar-refractivity contribution < 1.29 is 4.79 Å². The predicted octanol–water partition coefficient (Wildman–Crippen LogP) is 7.03. The third kappa shape index (κ3) is 5.33. The van der Waals surface area contributed by atoms with Crippen LogP contribution in [0, 0.1) is 6.92 Å². The molecule has 1 heterocycles. The van der Waals surface area contributed by atoms with Crippen LogP contribution in [-0.2, 0) is 11.3 Å². The van der Waals surface area contributed by atoms with Crippen LogP contribution in [0.4, 0.5) is 0 Å². The van der Waals surface area contributed by atoms with Gasteiger partial charge in [0.05, 0.1) is 27.6 Å². The minimum absolute atomic E-state index is 0.272. The van der Waals surface area contributed by atoms with E-state index in [4.69, 9.17) is 39.9 Å². The second-order valence-corrected chi connectivity index (χ2v) is 9.66. The number of nitrogens with zero attached hydrogens (tertiary/aromatic N) is 4. The Kier molecular flexibility index (Phi) is 8.01. The predicted molar refractivity (Wildman–Crippen MR) is 138 cm³/mol. The first-order valence-electron chi connectivity index (χ1n) is 10.7. The van der Waals surface area contributed by atoms with Crippen LogP contribution in [0.15, 0.2) is 47.5 Å². The van der Waals surface area contributed by atoms with Crippen molar-refractivity contribution in [1.82, 2.24) is 14.7 Å². The minimum Gasteiger partial charge on any atom is -0.284 e. The molecule has 3 aromatic rings. The number of carbonyl (C=O) groups excluding carboxylic acids is 1. The summed E-state index contributed by atoms with van der Waals surface area (Å²) in [6.07, 6.45) is 0.876. The summed E-state index contributed by atoms with van der Waals surface area (Å²) in [6.45, 7) is 12.4. The van der Waals surface area contributed by atoms with Crippen molar-refractivity contribution in [2.45, 2.75) is 46.2 Å². The molecule has 0 saturated heterocycles. The first kappa shape index (κ1) is 25.4. The molecule has 0 aliphatic heterocycles. The van der Waals surface area contributed by atoms with Gasteiger partial charge in [-0.15, -0.1) is 0 Å². The summed E-state index contributed by atoms with van der Waals surface area (Å²) < 4.78 is 1.83. The van der Waals surface area contributed by atoms with E-state index in [9.17, 15) is 4.79 Å². The molecular formula is C25H27Cl3N4O. The minimum atomic E-state index is -0.813. The zero-order valence-electron chi connectivity index (χ0n) is 19.2. The van der Waals surface area contributed by atoms with Crippen LogP contribution in [0.25, 0.3) is 16.9 Å². The van der Waals surface area contributed by atoms with Crippen LogP contribution in [0.1, 0.15) is 38.4 Å². The van der Waals surface area contributed by atoms with E-state index in [-0.39, 0.29) is 5.91 Å². The third-order valence-corrected chi connectivity index (χ3v) is 6.56. The summed E-state index contributed by atoms with van der Waals surface area (Å²) in [5.41, 5.74) is 3.57. The maximum absolute atomic E-state index is 12.5. The Morgan fingerprint density at radius 2 is 1.76 bits per heavy atom. The first-order valence-corrected chi connectivity index (χ1v) is 11.8. The molecule has 0 N–H and O–H groups in total. The summed E-state index contributed by atoms with van der Waals surface area (Å²) >= 11 is 18.8. The number of hydrogen-bond donors (Lipinski definition) is 0. The van der Waals surface area contributed by atoms with Crippen LogP contribution >= 0.6 is 34.8 Å². The van der Waals surface area contributed by atoms with Crippen molar-refractivity contribution in [3.8, 4) is 16.9 Å². The first-order chi connectivity index (χ1) is 15.6. The summed E-state index contributed by atoms with van der Waals surface area (Å²) in [5, 5.41) is 6.64. The molecule has 0 saturated carbocycles. The molecule has 0 bridgehead atoms. The van der Waals surface area contributed by atoms with Gasteiger partial charge in [0.25, 0.3) is 5.91 Å². The van der Waals surface area contributed by atoms with E-state index in [0.29, 0.717) is 33.8 Å². The quantitative estimate of drug-likeness (QED) is 0.309. The highest BCUT2D eigenvalue weighted by Gasteiger charge is 2.35.